The molecule has 104 valence electrons. The molecule has 0 radical (unpaired) electrons. The zero-order valence-electron chi connectivity index (χ0n) is 11.4. The minimum Gasteiger partial charge on any atom is -0.478 e. The lowest BCUT2D eigenvalue weighted by atomic mass is 9.82. The normalized spacial score (nSPS) is 17.7. The predicted molar refractivity (Wildman–Crippen MR) is 78.3 cm³/mol. The van der Waals surface area contributed by atoms with Crippen molar-refractivity contribution < 1.29 is 9.90 Å². The number of carboxylic acid groups (broad SMARTS) is 1. The Morgan fingerprint density at radius 3 is 2.63 bits per heavy atom. The molecular weight excluding hydrogens is 262 g/mol. The number of anilines is 1. The molecule has 0 atom stereocenters. The molecule has 0 aromatic heterocycles. The molecule has 0 aliphatic carbocycles. The fraction of sp³-hybridized carbons (Fsp3) is 0.533. The Balaban J connectivity index is 2.34. The van der Waals surface area contributed by atoms with E-state index in [1.807, 2.05) is 12.1 Å². The summed E-state index contributed by atoms with van der Waals surface area (Å²) in [5.74, 6) is -0.953. The Morgan fingerprint density at radius 2 is 2.11 bits per heavy atom. The van der Waals surface area contributed by atoms with Gasteiger partial charge in [0.15, 0.2) is 0 Å². The number of aromatic carboxylic acids is 1. The van der Waals surface area contributed by atoms with E-state index in [0.717, 1.165) is 38.0 Å². The van der Waals surface area contributed by atoms with Crippen LogP contribution in [0.4, 0.5) is 5.69 Å². The number of benzene rings is 1. The Hall–Kier alpha value is -1.22. The van der Waals surface area contributed by atoms with Gasteiger partial charge in [0.2, 0.25) is 0 Å². The van der Waals surface area contributed by atoms with Gasteiger partial charge in [0.05, 0.1) is 10.7 Å². The van der Waals surface area contributed by atoms with Gasteiger partial charge in [-0.1, -0.05) is 31.5 Å². The SMILES string of the molecule is CCC1(CC)CCN(c2cccc(Cl)c2C(=O)O)C1. The van der Waals surface area contributed by atoms with Gasteiger partial charge >= 0.3 is 5.97 Å². The van der Waals surface area contributed by atoms with Crippen LogP contribution >= 0.6 is 11.6 Å². The molecule has 3 nitrogen and oxygen atoms in total. The van der Waals surface area contributed by atoms with E-state index in [-0.39, 0.29) is 5.56 Å². The maximum absolute atomic E-state index is 11.4. The van der Waals surface area contributed by atoms with Crippen LogP contribution in [-0.4, -0.2) is 24.2 Å². The van der Waals surface area contributed by atoms with E-state index in [0.29, 0.717) is 10.4 Å². The molecule has 1 fully saturated rings. The van der Waals surface area contributed by atoms with E-state index in [1.54, 1.807) is 6.07 Å². The number of nitrogens with zero attached hydrogens (tertiary/aromatic N) is 1. The van der Waals surface area contributed by atoms with Crippen molar-refractivity contribution in [2.45, 2.75) is 33.1 Å². The lowest BCUT2D eigenvalue weighted by Gasteiger charge is -2.28. The molecule has 1 heterocycles. The van der Waals surface area contributed by atoms with Crippen molar-refractivity contribution in [1.29, 1.82) is 0 Å². The highest BCUT2D eigenvalue weighted by Crippen LogP contribution is 2.40. The summed E-state index contributed by atoms with van der Waals surface area (Å²) in [6, 6.07) is 5.32. The monoisotopic (exact) mass is 281 g/mol. The quantitative estimate of drug-likeness (QED) is 0.905. The van der Waals surface area contributed by atoms with Gasteiger partial charge in [-0.3, -0.25) is 0 Å². The van der Waals surface area contributed by atoms with Crippen molar-refractivity contribution >= 4 is 23.3 Å². The number of carbonyl (C=O) groups is 1. The molecule has 1 aliphatic heterocycles. The molecule has 19 heavy (non-hydrogen) atoms. The molecule has 1 aliphatic rings. The maximum Gasteiger partial charge on any atom is 0.339 e. The molecule has 1 aromatic carbocycles. The summed E-state index contributed by atoms with van der Waals surface area (Å²) >= 11 is 6.03. The highest BCUT2D eigenvalue weighted by atomic mass is 35.5. The molecule has 0 unspecified atom stereocenters. The molecule has 1 N–H and O–H groups in total. The van der Waals surface area contributed by atoms with E-state index in [1.165, 1.54) is 0 Å². The highest BCUT2D eigenvalue weighted by Gasteiger charge is 2.36. The van der Waals surface area contributed by atoms with Crippen molar-refractivity contribution in [2.75, 3.05) is 18.0 Å². The van der Waals surface area contributed by atoms with Gasteiger partial charge in [-0.15, -0.1) is 0 Å². The molecule has 1 aromatic rings. The Kier molecular flexibility index (Phi) is 4.04. The molecule has 0 spiro atoms. The van der Waals surface area contributed by atoms with Gasteiger partial charge in [-0.25, -0.2) is 4.79 Å². The first-order valence-electron chi connectivity index (χ1n) is 6.80. The van der Waals surface area contributed by atoms with Crippen LogP contribution in [0.1, 0.15) is 43.5 Å². The summed E-state index contributed by atoms with van der Waals surface area (Å²) in [7, 11) is 0. The molecular formula is C15H20ClNO2. The second-order valence-corrected chi connectivity index (χ2v) is 5.72. The molecule has 2 rings (SSSR count). The van der Waals surface area contributed by atoms with Crippen LogP contribution in [0.25, 0.3) is 0 Å². The summed E-state index contributed by atoms with van der Waals surface area (Å²) < 4.78 is 0. The summed E-state index contributed by atoms with van der Waals surface area (Å²) in [5, 5.41) is 9.66. The number of hydrogen-bond acceptors (Lipinski definition) is 2. The summed E-state index contributed by atoms with van der Waals surface area (Å²) in [6.07, 6.45) is 3.37. The minimum absolute atomic E-state index is 0.229. The van der Waals surface area contributed by atoms with Crippen molar-refractivity contribution in [2.24, 2.45) is 5.41 Å². The highest BCUT2D eigenvalue weighted by molar-refractivity contribution is 6.34. The van der Waals surface area contributed by atoms with Gasteiger partial charge in [-0.2, -0.15) is 0 Å². The molecule has 0 bridgehead atoms. The number of halogens is 1. The zero-order valence-corrected chi connectivity index (χ0v) is 12.2. The van der Waals surface area contributed by atoms with E-state index in [9.17, 15) is 9.90 Å². The van der Waals surface area contributed by atoms with Crippen molar-refractivity contribution in [3.8, 4) is 0 Å². The minimum atomic E-state index is -0.953. The largest absolute Gasteiger partial charge is 0.478 e. The molecule has 0 amide bonds. The number of hydrogen-bond donors (Lipinski definition) is 1. The summed E-state index contributed by atoms with van der Waals surface area (Å²) in [6.45, 7) is 6.25. The Labute approximate surface area is 119 Å². The van der Waals surface area contributed by atoms with E-state index in [4.69, 9.17) is 11.6 Å². The van der Waals surface area contributed by atoms with Crippen LogP contribution in [0.2, 0.25) is 5.02 Å². The van der Waals surface area contributed by atoms with Gasteiger partial charge in [-0.05, 0) is 36.8 Å². The number of carboxylic acids is 1. The van der Waals surface area contributed by atoms with Crippen molar-refractivity contribution in [3.63, 3.8) is 0 Å². The van der Waals surface area contributed by atoms with Crippen LogP contribution in [-0.2, 0) is 0 Å². The second kappa shape index (κ2) is 5.41. The van der Waals surface area contributed by atoms with Crippen LogP contribution in [0.5, 0.6) is 0 Å². The molecule has 4 heteroatoms. The smallest absolute Gasteiger partial charge is 0.339 e. The van der Waals surface area contributed by atoms with E-state index < -0.39 is 5.97 Å². The van der Waals surface area contributed by atoms with Gasteiger partial charge in [0.25, 0.3) is 0 Å². The predicted octanol–water partition coefficient (Wildman–Crippen LogP) is 4.05. The lowest BCUT2D eigenvalue weighted by Crippen LogP contribution is -2.27. The van der Waals surface area contributed by atoms with Crippen LogP contribution < -0.4 is 4.90 Å². The average molecular weight is 282 g/mol. The van der Waals surface area contributed by atoms with Gasteiger partial charge < -0.3 is 10.0 Å². The maximum atomic E-state index is 11.4. The molecule has 0 saturated carbocycles. The third kappa shape index (κ3) is 2.57. The van der Waals surface area contributed by atoms with E-state index >= 15 is 0 Å². The van der Waals surface area contributed by atoms with Crippen molar-refractivity contribution in [3.05, 3.63) is 28.8 Å². The van der Waals surface area contributed by atoms with Crippen LogP contribution in [0.15, 0.2) is 18.2 Å². The first-order valence-corrected chi connectivity index (χ1v) is 7.17. The summed E-state index contributed by atoms with van der Waals surface area (Å²) in [4.78, 5) is 13.6. The fourth-order valence-electron chi connectivity index (χ4n) is 2.96. The van der Waals surface area contributed by atoms with Crippen molar-refractivity contribution in [1.82, 2.24) is 0 Å². The number of rotatable bonds is 4. The average Bonchev–Trinajstić information content (AvgIpc) is 2.83. The lowest BCUT2D eigenvalue weighted by molar-refractivity contribution is 0.0697. The Bertz CT molecular complexity index is 483. The third-order valence-corrected chi connectivity index (χ3v) is 4.80. The zero-order chi connectivity index (χ0) is 14.0. The van der Waals surface area contributed by atoms with Crippen LogP contribution in [0, 0.1) is 5.41 Å². The standard InChI is InChI=1S/C15H20ClNO2/c1-3-15(4-2)8-9-17(10-15)12-7-5-6-11(16)13(12)14(18)19/h5-7H,3-4,8-10H2,1-2H3,(H,18,19). The first kappa shape index (κ1) is 14.2. The van der Waals surface area contributed by atoms with E-state index in [2.05, 4.69) is 18.7 Å². The third-order valence-electron chi connectivity index (χ3n) is 4.48. The molecule has 1 saturated heterocycles. The second-order valence-electron chi connectivity index (χ2n) is 5.32. The van der Waals surface area contributed by atoms with Gasteiger partial charge in [0, 0.05) is 13.1 Å². The van der Waals surface area contributed by atoms with Crippen LogP contribution in [0.3, 0.4) is 0 Å². The summed E-state index contributed by atoms with van der Waals surface area (Å²) in [5.41, 5.74) is 1.30. The topological polar surface area (TPSA) is 40.5 Å². The van der Waals surface area contributed by atoms with Gasteiger partial charge in [0.1, 0.15) is 5.56 Å². The Morgan fingerprint density at radius 1 is 1.42 bits per heavy atom. The first-order chi connectivity index (χ1) is 9.03. The fourth-order valence-corrected chi connectivity index (χ4v) is 3.21.